The van der Waals surface area contributed by atoms with Crippen LogP contribution in [0.25, 0.3) is 0 Å². The van der Waals surface area contributed by atoms with Crippen molar-refractivity contribution in [2.24, 2.45) is 0 Å². The molecule has 0 spiro atoms. The fraction of sp³-hybridized carbons (Fsp3) is 0.167. The summed E-state index contributed by atoms with van der Waals surface area (Å²) in [5, 5.41) is -1.19. The molecule has 0 saturated heterocycles. The van der Waals surface area contributed by atoms with Gasteiger partial charge in [-0.05, 0) is 6.07 Å². The zero-order valence-corrected chi connectivity index (χ0v) is 9.24. The number of nitrogens with zero attached hydrogens (tertiary/aromatic N) is 1. The molecule has 1 aromatic heterocycles. The Labute approximate surface area is 93.4 Å². The van der Waals surface area contributed by atoms with Crippen molar-refractivity contribution >= 4 is 37.0 Å². The lowest BCUT2D eigenvalue weighted by atomic mass is 10.3. The Morgan fingerprint density at radius 1 is 1.47 bits per heavy atom. The molecular formula is C6H4Cl2F2N2O2S. The van der Waals surface area contributed by atoms with Crippen molar-refractivity contribution in [3.05, 3.63) is 16.8 Å². The van der Waals surface area contributed by atoms with Gasteiger partial charge in [0.1, 0.15) is 5.69 Å². The zero-order valence-electron chi connectivity index (χ0n) is 6.92. The fourth-order valence-corrected chi connectivity index (χ4v) is 2.01. The summed E-state index contributed by atoms with van der Waals surface area (Å²) in [5.74, 6) is 0. The lowest BCUT2D eigenvalue weighted by Gasteiger charge is -2.06. The summed E-state index contributed by atoms with van der Waals surface area (Å²) < 4.78 is 46.3. The van der Waals surface area contributed by atoms with Crippen LogP contribution in [0.1, 0.15) is 12.1 Å². The molecule has 2 N–H and O–H groups in total. The number of nitrogen functional groups attached to an aromatic ring is 1. The summed E-state index contributed by atoms with van der Waals surface area (Å²) in [7, 11) is 0.645. The van der Waals surface area contributed by atoms with Crippen molar-refractivity contribution in [3.8, 4) is 0 Å². The van der Waals surface area contributed by atoms with Crippen molar-refractivity contribution in [2.75, 3.05) is 5.73 Å². The van der Waals surface area contributed by atoms with Gasteiger partial charge in [-0.1, -0.05) is 11.6 Å². The summed E-state index contributed by atoms with van der Waals surface area (Å²) in [4.78, 5) is 3.12. The second-order valence-corrected chi connectivity index (χ2v) is 5.37. The van der Waals surface area contributed by atoms with E-state index in [1.807, 2.05) is 0 Å². The Hall–Kier alpha value is -0.660. The molecule has 0 aromatic carbocycles. The molecule has 0 aliphatic rings. The van der Waals surface area contributed by atoms with Crippen molar-refractivity contribution in [2.45, 2.75) is 11.5 Å². The largest absolute Gasteiger partial charge is 0.395 e. The number of rotatable bonds is 2. The van der Waals surface area contributed by atoms with Gasteiger partial charge in [-0.3, -0.25) is 0 Å². The molecule has 84 valence electrons. The molecule has 0 bridgehead atoms. The van der Waals surface area contributed by atoms with Gasteiger partial charge >= 0.3 is 0 Å². The quantitative estimate of drug-likeness (QED) is 0.841. The van der Waals surface area contributed by atoms with Crippen molar-refractivity contribution in [1.82, 2.24) is 4.98 Å². The van der Waals surface area contributed by atoms with Crippen LogP contribution >= 0.6 is 22.3 Å². The normalized spacial score (nSPS) is 12.1. The summed E-state index contributed by atoms with van der Waals surface area (Å²) in [6.07, 6.45) is -2.96. The highest BCUT2D eigenvalue weighted by molar-refractivity contribution is 8.13. The van der Waals surface area contributed by atoms with Gasteiger partial charge in [0.25, 0.3) is 15.5 Å². The fourth-order valence-electron chi connectivity index (χ4n) is 0.817. The Kier molecular flexibility index (Phi) is 3.37. The van der Waals surface area contributed by atoms with E-state index >= 15 is 0 Å². The van der Waals surface area contributed by atoms with Crippen LogP contribution in [0.3, 0.4) is 0 Å². The van der Waals surface area contributed by atoms with Crippen LogP contribution in [0.15, 0.2) is 11.1 Å². The molecule has 0 atom stereocenters. The van der Waals surface area contributed by atoms with Gasteiger partial charge in [-0.15, -0.1) is 0 Å². The van der Waals surface area contributed by atoms with E-state index in [1.54, 1.807) is 0 Å². The molecule has 9 heteroatoms. The van der Waals surface area contributed by atoms with E-state index in [-0.39, 0.29) is 5.02 Å². The van der Waals surface area contributed by atoms with E-state index in [2.05, 4.69) is 4.98 Å². The van der Waals surface area contributed by atoms with Gasteiger partial charge in [0.2, 0.25) is 0 Å². The second kappa shape index (κ2) is 4.07. The number of aromatic nitrogens is 1. The Balaban J connectivity index is 3.52. The average molecular weight is 277 g/mol. The van der Waals surface area contributed by atoms with E-state index in [9.17, 15) is 17.2 Å². The van der Waals surface area contributed by atoms with Gasteiger partial charge in [0.15, 0.2) is 5.03 Å². The molecule has 0 aliphatic heterocycles. The average Bonchev–Trinajstić information content (AvgIpc) is 2.06. The Morgan fingerprint density at radius 3 is 2.40 bits per heavy atom. The lowest BCUT2D eigenvalue weighted by molar-refractivity contribution is 0.145. The second-order valence-electron chi connectivity index (χ2n) is 2.49. The first kappa shape index (κ1) is 12.4. The van der Waals surface area contributed by atoms with Gasteiger partial charge < -0.3 is 5.73 Å². The van der Waals surface area contributed by atoms with E-state index in [1.165, 1.54) is 0 Å². The molecule has 15 heavy (non-hydrogen) atoms. The van der Waals surface area contributed by atoms with Gasteiger partial charge in [-0.25, -0.2) is 22.2 Å². The molecule has 0 fully saturated rings. The van der Waals surface area contributed by atoms with Crippen LogP contribution in [-0.4, -0.2) is 13.4 Å². The van der Waals surface area contributed by atoms with Crippen molar-refractivity contribution < 1.29 is 17.2 Å². The molecule has 1 heterocycles. The Bertz CT molecular complexity index is 492. The molecule has 0 aliphatic carbocycles. The lowest BCUT2D eigenvalue weighted by Crippen LogP contribution is -2.05. The molecule has 0 saturated carbocycles. The van der Waals surface area contributed by atoms with Gasteiger partial charge in [-0.2, -0.15) is 0 Å². The van der Waals surface area contributed by atoms with Crippen LogP contribution in [0, 0.1) is 0 Å². The maximum Gasteiger partial charge on any atom is 0.280 e. The van der Waals surface area contributed by atoms with Crippen molar-refractivity contribution in [3.63, 3.8) is 0 Å². The number of pyridine rings is 1. The smallest absolute Gasteiger partial charge is 0.280 e. The summed E-state index contributed by atoms with van der Waals surface area (Å²) in [6.45, 7) is 0. The zero-order chi connectivity index (χ0) is 11.8. The van der Waals surface area contributed by atoms with E-state index in [4.69, 9.17) is 28.0 Å². The van der Waals surface area contributed by atoms with Gasteiger partial charge in [0, 0.05) is 10.7 Å². The standard InChI is InChI=1S/C6H4Cl2F2N2O2S/c7-2-1-3(5(9)10)12-6(4(2)11)15(8,13)14/h1,5H,11H2. The number of nitrogens with two attached hydrogens (primary N) is 1. The molecule has 1 aromatic rings. The Morgan fingerprint density at radius 2 is 2.00 bits per heavy atom. The van der Waals surface area contributed by atoms with Crippen LogP contribution in [0.2, 0.25) is 5.02 Å². The number of hydrogen-bond donors (Lipinski definition) is 1. The first-order valence-corrected chi connectivity index (χ1v) is 6.11. The third-order valence-electron chi connectivity index (χ3n) is 1.45. The summed E-state index contributed by atoms with van der Waals surface area (Å²) >= 11 is 5.45. The number of anilines is 1. The molecule has 0 amide bonds. The SMILES string of the molecule is Nc1c(Cl)cc(C(F)F)nc1S(=O)(=O)Cl. The minimum absolute atomic E-state index is 0.334. The monoisotopic (exact) mass is 276 g/mol. The summed E-state index contributed by atoms with van der Waals surface area (Å²) in [6, 6.07) is 0.785. The predicted octanol–water partition coefficient (Wildman–Crippen LogP) is 2.18. The van der Waals surface area contributed by atoms with Crippen molar-refractivity contribution in [1.29, 1.82) is 0 Å². The van der Waals surface area contributed by atoms with E-state index < -0.39 is 31.9 Å². The highest BCUT2D eigenvalue weighted by Crippen LogP contribution is 2.31. The predicted molar refractivity (Wildman–Crippen MR) is 51.7 cm³/mol. The molecule has 4 nitrogen and oxygen atoms in total. The number of alkyl halides is 2. The number of halogens is 4. The first-order chi connectivity index (χ1) is 6.73. The highest BCUT2D eigenvalue weighted by Gasteiger charge is 2.22. The molecule has 0 unspecified atom stereocenters. The minimum atomic E-state index is -4.29. The third kappa shape index (κ3) is 2.67. The van der Waals surface area contributed by atoms with E-state index in [0.717, 1.165) is 6.07 Å². The first-order valence-electron chi connectivity index (χ1n) is 3.42. The molecular weight excluding hydrogens is 273 g/mol. The maximum atomic E-state index is 12.2. The number of hydrogen-bond acceptors (Lipinski definition) is 4. The maximum absolute atomic E-state index is 12.2. The topological polar surface area (TPSA) is 73.0 Å². The van der Waals surface area contributed by atoms with Gasteiger partial charge in [0.05, 0.1) is 10.7 Å². The van der Waals surface area contributed by atoms with Crippen LogP contribution in [0.5, 0.6) is 0 Å². The highest BCUT2D eigenvalue weighted by atomic mass is 35.7. The van der Waals surface area contributed by atoms with Crippen LogP contribution in [-0.2, 0) is 9.05 Å². The summed E-state index contributed by atoms with van der Waals surface area (Å²) in [5.41, 5.74) is 3.99. The van der Waals surface area contributed by atoms with E-state index in [0.29, 0.717) is 0 Å². The minimum Gasteiger partial charge on any atom is -0.395 e. The van der Waals surface area contributed by atoms with Crippen LogP contribution < -0.4 is 5.73 Å². The van der Waals surface area contributed by atoms with Crippen LogP contribution in [0.4, 0.5) is 14.5 Å². The molecule has 1 rings (SSSR count). The third-order valence-corrected chi connectivity index (χ3v) is 2.97. The molecule has 0 radical (unpaired) electrons.